The molecule has 6 heterocycles. The minimum absolute atomic E-state index is 0.296. The van der Waals surface area contributed by atoms with E-state index in [2.05, 4.69) is 59.7 Å². The number of aliphatic hydroxyl groups is 2. The number of nitrogens with one attached hydrogen (secondary N) is 1. The maximum absolute atomic E-state index is 15.2. The molecule has 10 atom stereocenters. The molecule has 3 N–H and O–H groups in total. The molecule has 6 rings (SSSR count). The molecule has 2 fully saturated rings. The first-order valence-corrected chi connectivity index (χ1v) is 19.6. The molecule has 2 aliphatic rings. The Labute approximate surface area is 288 Å². The molecule has 4 aromatic heterocycles. The lowest BCUT2D eigenvalue weighted by Crippen LogP contribution is -2.31. The number of thiol groups is 2. The number of halogens is 2. The van der Waals surface area contributed by atoms with Crippen molar-refractivity contribution in [3.8, 4) is 0 Å². The molecular formula is C26H31F2N9O8P2S2+2. The summed E-state index contributed by atoms with van der Waals surface area (Å²) < 4.78 is 77.5. The maximum Gasteiger partial charge on any atom is 0.582 e. The van der Waals surface area contributed by atoms with Crippen LogP contribution in [-0.4, -0.2) is 106 Å². The molecule has 23 heteroatoms. The predicted molar refractivity (Wildman–Crippen MR) is 176 cm³/mol. The highest BCUT2D eigenvalue weighted by molar-refractivity contribution is 8.39. The highest BCUT2D eigenvalue weighted by Gasteiger charge is 2.52. The number of ether oxygens (including phenoxy) is 2. The normalized spacial score (nSPS) is 27.9. The van der Waals surface area contributed by atoms with Gasteiger partial charge in [0, 0.05) is 6.54 Å². The van der Waals surface area contributed by atoms with Gasteiger partial charge in [0.25, 0.3) is 0 Å². The first-order chi connectivity index (χ1) is 23.7. The van der Waals surface area contributed by atoms with E-state index in [1.807, 2.05) is 12.2 Å². The second-order valence-corrected chi connectivity index (χ2v) is 14.2. The van der Waals surface area contributed by atoms with Crippen LogP contribution < -0.4 is 5.32 Å². The average Bonchev–Trinajstić information content (AvgIpc) is 3.85. The molecule has 262 valence electrons. The number of anilines is 1. The van der Waals surface area contributed by atoms with Crippen molar-refractivity contribution in [2.45, 2.75) is 68.5 Å². The molecular weight excluding hydrogens is 730 g/mol. The Balaban J connectivity index is 1.03. The van der Waals surface area contributed by atoms with Gasteiger partial charge in [-0.05, 0) is 28.4 Å². The van der Waals surface area contributed by atoms with Gasteiger partial charge in [-0.3, -0.25) is 9.13 Å². The van der Waals surface area contributed by atoms with E-state index >= 15 is 8.78 Å². The summed E-state index contributed by atoms with van der Waals surface area (Å²) in [6.45, 7) is -0.589. The Bertz CT molecular complexity index is 1840. The van der Waals surface area contributed by atoms with Crippen LogP contribution in [0.25, 0.3) is 22.3 Å². The summed E-state index contributed by atoms with van der Waals surface area (Å²) in [5.41, 5.74) is 2.14. The Kier molecular flexibility index (Phi) is 11.8. The summed E-state index contributed by atoms with van der Waals surface area (Å²) in [6.07, 6.45) is 0.523. The van der Waals surface area contributed by atoms with Gasteiger partial charge in [0.2, 0.25) is 0 Å². The molecule has 0 radical (unpaired) electrons. The third-order valence-electron chi connectivity index (χ3n) is 7.98. The van der Waals surface area contributed by atoms with Gasteiger partial charge in [0.15, 0.2) is 59.6 Å². The van der Waals surface area contributed by atoms with Crippen molar-refractivity contribution in [3.05, 3.63) is 43.2 Å². The zero-order chi connectivity index (χ0) is 34.7. The summed E-state index contributed by atoms with van der Waals surface area (Å²) in [5.74, 6) is 0.429. The number of aromatic nitrogens is 8. The van der Waals surface area contributed by atoms with Crippen molar-refractivity contribution in [1.29, 1.82) is 0 Å². The minimum atomic E-state index is -2.42. The second kappa shape index (κ2) is 16.0. The van der Waals surface area contributed by atoms with Crippen molar-refractivity contribution in [2.24, 2.45) is 0 Å². The van der Waals surface area contributed by atoms with Gasteiger partial charge >= 0.3 is 14.5 Å². The summed E-state index contributed by atoms with van der Waals surface area (Å²) >= 11 is 7.37. The fourth-order valence-corrected chi connectivity index (χ4v) is 7.33. The summed E-state index contributed by atoms with van der Waals surface area (Å²) in [6, 6.07) is 0. The third-order valence-corrected chi connectivity index (χ3v) is 9.39. The largest absolute Gasteiger partial charge is 0.582 e. The number of aliphatic hydroxyl groups excluding tert-OH is 2. The number of imidazole rings is 2. The number of fused-ring (bicyclic) bond motifs is 2. The first kappa shape index (κ1) is 36.0. The first-order valence-electron chi connectivity index (χ1n) is 14.9. The van der Waals surface area contributed by atoms with E-state index in [0.29, 0.717) is 59.6 Å². The molecule has 17 nitrogen and oxygen atoms in total. The molecule has 0 spiro atoms. The van der Waals surface area contributed by atoms with E-state index < -0.39 is 76.9 Å². The molecule has 4 aromatic rings. The van der Waals surface area contributed by atoms with Crippen LogP contribution >= 0.6 is 39.0 Å². The fourth-order valence-electron chi connectivity index (χ4n) is 5.76. The van der Waals surface area contributed by atoms with Crippen LogP contribution in [0.2, 0.25) is 0 Å². The fraction of sp³-hybridized carbons (Fsp3) is 0.538. The number of allylic oxidation sites excluding steroid dienone is 1. The van der Waals surface area contributed by atoms with Crippen LogP contribution in [-0.2, 0) is 34.1 Å². The van der Waals surface area contributed by atoms with Crippen molar-refractivity contribution in [1.82, 2.24) is 39.0 Å². The van der Waals surface area contributed by atoms with Gasteiger partial charge in [0.05, 0.1) is 31.6 Å². The quantitative estimate of drug-likeness (QED) is 0.0509. The van der Waals surface area contributed by atoms with Crippen molar-refractivity contribution < 1.29 is 46.6 Å². The van der Waals surface area contributed by atoms with Crippen LogP contribution in [0.3, 0.4) is 0 Å². The van der Waals surface area contributed by atoms with Crippen molar-refractivity contribution in [2.75, 3.05) is 25.1 Å². The van der Waals surface area contributed by atoms with E-state index in [4.69, 9.17) is 18.5 Å². The zero-order valence-corrected chi connectivity index (χ0v) is 28.9. The highest BCUT2D eigenvalue weighted by atomic mass is 32.7. The number of hydrogen-bond donors (Lipinski definition) is 5. The second-order valence-electron chi connectivity index (χ2n) is 10.9. The molecule has 0 aromatic carbocycles. The standard InChI is InChI=1S/C26H29F2N9O8P2S2/c27-16-20(44-46(40)48)14(7-38)42-25(16)36-11-34-18-13(30-9-32-23(18)36)5-3-1-2-4-6-29-22-19-24(33-10-31-22)37(12-35-19)26-17(28)21(45-47(41)49)15(8-39)43-26/h1-2,9-12,14-17,20-21,25-26,38-39H,3-8H2,(H-2,29,31,33,40,41,48,49)/p+2/b2-1+/t14-,15-,16-,17-,20-,21-,25-,26-/m1/s1. The van der Waals surface area contributed by atoms with E-state index in [0.717, 1.165) is 0 Å². The number of nitrogens with zero attached hydrogens (tertiary/aromatic N) is 8. The molecule has 0 bridgehead atoms. The van der Waals surface area contributed by atoms with Crippen LogP contribution in [0, 0.1) is 0 Å². The minimum Gasteiger partial charge on any atom is -0.394 e. The van der Waals surface area contributed by atoms with Gasteiger partial charge in [0.1, 0.15) is 54.9 Å². The lowest BCUT2D eigenvalue weighted by atomic mass is 10.1. The number of hydrogen-bond acceptors (Lipinski definition) is 15. The Morgan fingerprint density at radius 3 is 1.92 bits per heavy atom. The molecule has 0 saturated carbocycles. The molecule has 49 heavy (non-hydrogen) atoms. The van der Waals surface area contributed by atoms with E-state index in [-0.39, 0.29) is 0 Å². The molecule has 2 unspecified atom stereocenters. The monoisotopic (exact) mass is 761 g/mol. The third kappa shape index (κ3) is 7.61. The van der Waals surface area contributed by atoms with E-state index in [1.54, 1.807) is 0 Å². The molecule has 2 saturated heterocycles. The number of aryl methyl sites for hydroxylation is 1. The van der Waals surface area contributed by atoms with Gasteiger partial charge in [-0.25, -0.2) is 38.7 Å². The van der Waals surface area contributed by atoms with E-state index in [9.17, 15) is 19.3 Å². The predicted octanol–water partition coefficient (Wildman–Crippen LogP) is 3.36. The Morgan fingerprint density at radius 2 is 1.35 bits per heavy atom. The Hall–Kier alpha value is -2.84. The SMILES string of the molecule is O=[P+](S)O[C@H]1[C@@H](F)[C@H](n2cnc3c(CC/C=C/CCNc4ncnc5c4ncn5[C@@H]4O[C@H](CO)[C@@H](O[P+](=O)S)[C@H]4F)ncnc32)O[C@@H]1CO. The molecule has 0 amide bonds. The van der Waals surface area contributed by atoms with Gasteiger partial charge in [-0.2, -0.15) is 0 Å². The zero-order valence-electron chi connectivity index (χ0n) is 25.3. The van der Waals surface area contributed by atoms with Crippen molar-refractivity contribution >= 4 is 67.1 Å². The van der Waals surface area contributed by atoms with Crippen LogP contribution in [0.1, 0.15) is 31.0 Å². The van der Waals surface area contributed by atoms with Crippen LogP contribution in [0.5, 0.6) is 0 Å². The average molecular weight is 762 g/mol. The number of rotatable bonds is 15. The molecule has 2 aliphatic heterocycles. The van der Waals surface area contributed by atoms with Crippen molar-refractivity contribution in [3.63, 3.8) is 0 Å². The van der Waals surface area contributed by atoms with E-state index in [1.165, 1.54) is 34.4 Å². The maximum atomic E-state index is 15.2. The highest BCUT2D eigenvalue weighted by Crippen LogP contribution is 2.42. The van der Waals surface area contributed by atoms with Gasteiger partial charge in [-0.15, -0.1) is 9.05 Å². The van der Waals surface area contributed by atoms with Crippen LogP contribution in [0.4, 0.5) is 14.6 Å². The lowest BCUT2D eigenvalue weighted by Gasteiger charge is -2.15. The Morgan fingerprint density at radius 1 is 0.816 bits per heavy atom. The molecule has 0 aliphatic carbocycles. The van der Waals surface area contributed by atoms with Gasteiger partial charge < -0.3 is 25.0 Å². The lowest BCUT2D eigenvalue weighted by molar-refractivity contribution is -0.0427. The summed E-state index contributed by atoms with van der Waals surface area (Å²) in [5, 5.41) is 22.4. The topological polar surface area (TPSA) is 211 Å². The summed E-state index contributed by atoms with van der Waals surface area (Å²) in [4.78, 5) is 25.8. The van der Waals surface area contributed by atoms with Gasteiger partial charge in [-0.1, -0.05) is 12.2 Å². The smallest absolute Gasteiger partial charge is 0.394 e. The summed E-state index contributed by atoms with van der Waals surface area (Å²) in [7, 11) is -4.84. The van der Waals surface area contributed by atoms with Crippen LogP contribution in [0.15, 0.2) is 37.5 Å². The number of alkyl halides is 2.